The maximum Gasteiger partial charge on any atom is 1.00 e. The molecule has 1 aromatic rings. The fraction of sp³-hybridized carbons (Fsp3) is 0.250. The Kier molecular flexibility index (Phi) is 5.28. The summed E-state index contributed by atoms with van der Waals surface area (Å²) < 4.78 is 31.7. The molecule has 0 heterocycles. The first kappa shape index (κ1) is 14.1. The van der Waals surface area contributed by atoms with Gasteiger partial charge in [0, 0.05) is 12.1 Å². The van der Waals surface area contributed by atoms with Gasteiger partial charge in [0.15, 0.2) is 0 Å². The molecule has 1 aromatic carbocycles. The molecule has 0 saturated heterocycles. The Morgan fingerprint density at radius 3 is 1.86 bits per heavy atom. The van der Waals surface area contributed by atoms with Crippen LogP contribution in [0, 0.1) is 0 Å². The predicted octanol–water partition coefficient (Wildman–Crippen LogP) is -3.63. The molecule has 0 unspecified atom stereocenters. The van der Waals surface area contributed by atoms with Gasteiger partial charge in [-0.05, 0) is 12.1 Å². The first-order valence-electron chi connectivity index (χ1n) is 3.78. The summed E-state index contributed by atoms with van der Waals surface area (Å²) >= 11 is 0. The largest absolute Gasteiger partial charge is 1.00 e. The van der Waals surface area contributed by atoms with Gasteiger partial charge in [-0.1, -0.05) is 0 Å². The van der Waals surface area contributed by atoms with E-state index in [9.17, 15) is 13.0 Å². The van der Waals surface area contributed by atoms with Gasteiger partial charge in [-0.25, -0.2) is 8.42 Å². The van der Waals surface area contributed by atoms with Crippen LogP contribution in [0.2, 0.25) is 0 Å². The molecule has 1 N–H and O–H groups in total. The van der Waals surface area contributed by atoms with Crippen LogP contribution in [0.15, 0.2) is 29.2 Å². The van der Waals surface area contributed by atoms with Crippen molar-refractivity contribution in [1.82, 2.24) is 0 Å². The van der Waals surface area contributed by atoms with E-state index >= 15 is 0 Å². The van der Waals surface area contributed by atoms with E-state index in [1.54, 1.807) is 12.1 Å². The van der Waals surface area contributed by atoms with Gasteiger partial charge in [0.25, 0.3) is 0 Å². The van der Waals surface area contributed by atoms with E-state index < -0.39 is 10.1 Å². The molecule has 14 heavy (non-hydrogen) atoms. The Morgan fingerprint density at radius 1 is 1.14 bits per heavy atom. The maximum atomic E-state index is 10.6. The molecule has 0 spiro atoms. The molecule has 0 aromatic heterocycles. The molecule has 0 amide bonds. The van der Waals surface area contributed by atoms with Crippen LogP contribution in [-0.4, -0.2) is 27.1 Å². The molecular formula is C8H11NNaO3S+. The number of benzene rings is 1. The molecule has 4 nitrogen and oxygen atoms in total. The van der Waals surface area contributed by atoms with E-state index in [0.29, 0.717) is 0 Å². The smallest absolute Gasteiger partial charge is 0.744 e. The van der Waals surface area contributed by atoms with Crippen molar-refractivity contribution >= 4 is 15.8 Å². The van der Waals surface area contributed by atoms with Crippen LogP contribution in [0.3, 0.4) is 0 Å². The molecule has 1 rings (SSSR count). The minimum Gasteiger partial charge on any atom is -0.744 e. The van der Waals surface area contributed by atoms with Crippen LogP contribution in [0.25, 0.3) is 0 Å². The molecule has 0 aliphatic rings. The number of quaternary nitrogens is 1. The van der Waals surface area contributed by atoms with Crippen molar-refractivity contribution in [2.24, 2.45) is 0 Å². The number of hydrogen-bond acceptors (Lipinski definition) is 3. The third-order valence-corrected chi connectivity index (χ3v) is 2.57. The van der Waals surface area contributed by atoms with Gasteiger partial charge in [0.05, 0.1) is 19.0 Å². The standard InChI is InChI=1S/C8H11NO3S.Na/c1-9(2)7-3-5-8(6-4-7)13(10,11)12;/h3-6H,1-2H3,(H,10,11,12);/q;+1. The quantitative estimate of drug-likeness (QED) is 0.416. The van der Waals surface area contributed by atoms with Crippen LogP contribution in [-0.2, 0) is 10.1 Å². The average Bonchev–Trinajstić information content (AvgIpc) is 2.03. The van der Waals surface area contributed by atoms with Gasteiger partial charge in [-0.3, -0.25) is 0 Å². The summed E-state index contributed by atoms with van der Waals surface area (Å²) in [5.74, 6) is 0. The summed E-state index contributed by atoms with van der Waals surface area (Å²) in [6, 6.07) is 5.90. The summed E-state index contributed by atoms with van der Waals surface area (Å²) in [6.07, 6.45) is 0. The minimum absolute atomic E-state index is 0. The summed E-state index contributed by atoms with van der Waals surface area (Å²) in [6.45, 7) is 0. The molecule has 0 bridgehead atoms. The monoisotopic (exact) mass is 224 g/mol. The van der Waals surface area contributed by atoms with Crippen molar-refractivity contribution in [3.05, 3.63) is 24.3 Å². The van der Waals surface area contributed by atoms with Crippen LogP contribution in [0.5, 0.6) is 0 Å². The second kappa shape index (κ2) is 5.25. The molecule has 0 atom stereocenters. The van der Waals surface area contributed by atoms with Crippen LogP contribution < -0.4 is 34.5 Å². The van der Waals surface area contributed by atoms with E-state index in [1.165, 1.54) is 12.1 Å². The Hall–Kier alpha value is 0.0900. The van der Waals surface area contributed by atoms with E-state index in [2.05, 4.69) is 0 Å². The molecule has 0 radical (unpaired) electrons. The first-order chi connectivity index (χ1) is 5.91. The van der Waals surface area contributed by atoms with Crippen molar-refractivity contribution in [3.8, 4) is 0 Å². The fourth-order valence-corrected chi connectivity index (χ4v) is 1.42. The van der Waals surface area contributed by atoms with Crippen molar-refractivity contribution in [2.45, 2.75) is 4.90 Å². The number of nitrogens with one attached hydrogen (secondary N) is 1. The number of hydrogen-bond donors (Lipinski definition) is 1. The Balaban J connectivity index is 0.00000169. The number of rotatable bonds is 2. The third kappa shape index (κ3) is 3.68. The molecule has 0 saturated carbocycles. The van der Waals surface area contributed by atoms with Gasteiger partial charge in [-0.15, -0.1) is 0 Å². The molecular weight excluding hydrogens is 213 g/mol. The summed E-state index contributed by atoms with van der Waals surface area (Å²) in [5, 5.41) is 0. The second-order valence-electron chi connectivity index (χ2n) is 2.98. The van der Waals surface area contributed by atoms with E-state index in [-0.39, 0.29) is 34.5 Å². The van der Waals surface area contributed by atoms with Crippen LogP contribution >= 0.6 is 0 Å². The topological polar surface area (TPSA) is 61.6 Å². The molecule has 72 valence electrons. The van der Waals surface area contributed by atoms with Crippen molar-refractivity contribution < 1.29 is 47.4 Å². The van der Waals surface area contributed by atoms with Gasteiger partial charge in [0.2, 0.25) is 0 Å². The SMILES string of the molecule is C[NH+](C)c1ccc(S(=O)(=O)[O-])cc1.[Na+]. The van der Waals surface area contributed by atoms with Crippen LogP contribution in [0.1, 0.15) is 0 Å². The second-order valence-corrected chi connectivity index (χ2v) is 4.36. The Bertz CT molecular complexity index is 386. The van der Waals surface area contributed by atoms with Crippen molar-refractivity contribution in [1.29, 1.82) is 0 Å². The average molecular weight is 224 g/mol. The molecule has 0 aliphatic heterocycles. The van der Waals surface area contributed by atoms with E-state index in [1.807, 2.05) is 14.1 Å². The summed E-state index contributed by atoms with van der Waals surface area (Å²) in [7, 11) is -0.470. The third-order valence-electron chi connectivity index (χ3n) is 1.72. The molecule has 6 heteroatoms. The Labute approximate surface area is 106 Å². The zero-order valence-electron chi connectivity index (χ0n) is 8.44. The van der Waals surface area contributed by atoms with Gasteiger partial charge in [0.1, 0.15) is 15.8 Å². The zero-order valence-corrected chi connectivity index (χ0v) is 11.3. The van der Waals surface area contributed by atoms with E-state index in [0.717, 1.165) is 10.6 Å². The maximum absolute atomic E-state index is 10.6. The van der Waals surface area contributed by atoms with Gasteiger partial charge < -0.3 is 9.45 Å². The predicted molar refractivity (Wildman–Crippen MR) is 46.9 cm³/mol. The normalized spacial score (nSPS) is 11.1. The fourth-order valence-electron chi connectivity index (χ4n) is 0.955. The minimum atomic E-state index is -4.30. The summed E-state index contributed by atoms with van der Waals surface area (Å²) in [4.78, 5) is 0.896. The van der Waals surface area contributed by atoms with Crippen molar-refractivity contribution in [2.75, 3.05) is 14.1 Å². The molecule has 0 fully saturated rings. The van der Waals surface area contributed by atoms with Gasteiger partial charge in [-0.2, -0.15) is 0 Å². The Morgan fingerprint density at radius 2 is 1.57 bits per heavy atom. The van der Waals surface area contributed by atoms with Crippen LogP contribution in [0.4, 0.5) is 5.69 Å². The zero-order chi connectivity index (χ0) is 10.1. The molecule has 0 aliphatic carbocycles. The van der Waals surface area contributed by atoms with Crippen molar-refractivity contribution in [3.63, 3.8) is 0 Å². The summed E-state index contributed by atoms with van der Waals surface area (Å²) in [5.41, 5.74) is 0.937. The first-order valence-corrected chi connectivity index (χ1v) is 5.18. The van der Waals surface area contributed by atoms with E-state index in [4.69, 9.17) is 0 Å². The van der Waals surface area contributed by atoms with Gasteiger partial charge >= 0.3 is 29.6 Å².